The summed E-state index contributed by atoms with van der Waals surface area (Å²) in [5.41, 5.74) is 2.57. The highest BCUT2D eigenvalue weighted by Crippen LogP contribution is 2.13. The molecule has 0 saturated heterocycles. The standard InChI is InChI=1S/C14H25N3O/c1-5-17-11-13(9-16-17)8-14(12(2)3)10-15-6-7-18-4/h8-9,11-12,15H,5-7,10H2,1-4H3/b14-8-. The van der Waals surface area contributed by atoms with Crippen LogP contribution in [0.3, 0.4) is 0 Å². The van der Waals surface area contributed by atoms with Crippen LogP contribution in [-0.4, -0.2) is 36.6 Å². The molecule has 1 heterocycles. The first-order chi connectivity index (χ1) is 8.67. The van der Waals surface area contributed by atoms with E-state index in [1.165, 1.54) is 11.1 Å². The number of methoxy groups -OCH3 is 1. The maximum absolute atomic E-state index is 5.02. The summed E-state index contributed by atoms with van der Waals surface area (Å²) in [6.07, 6.45) is 6.22. The molecular formula is C14H25N3O. The van der Waals surface area contributed by atoms with E-state index >= 15 is 0 Å². The molecule has 4 nitrogen and oxygen atoms in total. The van der Waals surface area contributed by atoms with Gasteiger partial charge < -0.3 is 10.1 Å². The molecule has 0 aliphatic heterocycles. The van der Waals surface area contributed by atoms with Crippen molar-refractivity contribution in [3.05, 3.63) is 23.5 Å². The van der Waals surface area contributed by atoms with Crippen molar-refractivity contribution in [2.24, 2.45) is 5.92 Å². The fraction of sp³-hybridized carbons (Fsp3) is 0.643. The predicted molar refractivity (Wildman–Crippen MR) is 75.5 cm³/mol. The topological polar surface area (TPSA) is 39.1 Å². The Morgan fingerprint density at radius 3 is 2.89 bits per heavy atom. The lowest BCUT2D eigenvalue weighted by atomic mass is 10.0. The SMILES string of the molecule is CCn1cc(/C=C(/CNCCOC)C(C)C)cn1. The molecule has 4 heteroatoms. The molecule has 0 aliphatic carbocycles. The van der Waals surface area contributed by atoms with Crippen LogP contribution in [0, 0.1) is 5.92 Å². The van der Waals surface area contributed by atoms with Crippen molar-refractivity contribution in [2.45, 2.75) is 27.3 Å². The summed E-state index contributed by atoms with van der Waals surface area (Å²) >= 11 is 0. The van der Waals surface area contributed by atoms with Gasteiger partial charge >= 0.3 is 0 Å². The van der Waals surface area contributed by atoms with Gasteiger partial charge in [0.25, 0.3) is 0 Å². The molecule has 102 valence electrons. The van der Waals surface area contributed by atoms with E-state index in [9.17, 15) is 0 Å². The van der Waals surface area contributed by atoms with Gasteiger partial charge in [-0.05, 0) is 12.8 Å². The average Bonchev–Trinajstić information content (AvgIpc) is 2.80. The average molecular weight is 251 g/mol. The van der Waals surface area contributed by atoms with E-state index in [4.69, 9.17) is 4.74 Å². The summed E-state index contributed by atoms with van der Waals surface area (Å²) in [5.74, 6) is 0.532. The molecule has 0 aliphatic rings. The summed E-state index contributed by atoms with van der Waals surface area (Å²) in [6, 6.07) is 0. The first-order valence-electron chi connectivity index (χ1n) is 6.60. The van der Waals surface area contributed by atoms with E-state index in [2.05, 4.69) is 43.5 Å². The van der Waals surface area contributed by atoms with Gasteiger partial charge in [-0.2, -0.15) is 5.10 Å². The highest BCUT2D eigenvalue weighted by molar-refractivity contribution is 5.51. The lowest BCUT2D eigenvalue weighted by Crippen LogP contribution is -2.23. The number of nitrogens with one attached hydrogen (secondary N) is 1. The van der Waals surface area contributed by atoms with Crippen molar-refractivity contribution in [1.82, 2.24) is 15.1 Å². The molecule has 0 saturated carbocycles. The van der Waals surface area contributed by atoms with E-state index < -0.39 is 0 Å². The molecular weight excluding hydrogens is 226 g/mol. The van der Waals surface area contributed by atoms with Crippen LogP contribution in [0.1, 0.15) is 26.3 Å². The van der Waals surface area contributed by atoms with Crippen LogP contribution in [-0.2, 0) is 11.3 Å². The molecule has 0 radical (unpaired) electrons. The second kappa shape index (κ2) is 8.06. The fourth-order valence-corrected chi connectivity index (χ4v) is 1.67. The zero-order valence-electron chi connectivity index (χ0n) is 11.9. The molecule has 0 unspecified atom stereocenters. The van der Waals surface area contributed by atoms with Crippen molar-refractivity contribution >= 4 is 6.08 Å². The maximum Gasteiger partial charge on any atom is 0.0587 e. The van der Waals surface area contributed by atoms with Crippen molar-refractivity contribution in [3.8, 4) is 0 Å². The van der Waals surface area contributed by atoms with Gasteiger partial charge in [0.15, 0.2) is 0 Å². The third-order valence-corrected chi connectivity index (χ3v) is 2.88. The van der Waals surface area contributed by atoms with Crippen molar-refractivity contribution in [1.29, 1.82) is 0 Å². The Morgan fingerprint density at radius 1 is 1.56 bits per heavy atom. The van der Waals surface area contributed by atoms with E-state index in [1.807, 2.05) is 10.9 Å². The van der Waals surface area contributed by atoms with Gasteiger partial charge in [0.1, 0.15) is 0 Å². The van der Waals surface area contributed by atoms with Crippen LogP contribution < -0.4 is 5.32 Å². The van der Waals surface area contributed by atoms with Gasteiger partial charge in [-0.1, -0.05) is 25.5 Å². The summed E-state index contributed by atoms with van der Waals surface area (Å²) in [4.78, 5) is 0. The minimum absolute atomic E-state index is 0.532. The zero-order chi connectivity index (χ0) is 13.4. The smallest absolute Gasteiger partial charge is 0.0587 e. The molecule has 1 rings (SSSR count). The van der Waals surface area contributed by atoms with Crippen LogP contribution in [0.2, 0.25) is 0 Å². The Kier molecular flexibility index (Phi) is 6.68. The van der Waals surface area contributed by atoms with Crippen LogP contribution >= 0.6 is 0 Å². The Hall–Kier alpha value is -1.13. The molecule has 0 fully saturated rings. The number of rotatable bonds is 8. The monoisotopic (exact) mass is 251 g/mol. The van der Waals surface area contributed by atoms with Crippen LogP contribution in [0.15, 0.2) is 18.0 Å². The number of ether oxygens (including phenoxy) is 1. The van der Waals surface area contributed by atoms with Gasteiger partial charge in [0.05, 0.1) is 12.8 Å². The minimum Gasteiger partial charge on any atom is -0.383 e. The quantitative estimate of drug-likeness (QED) is 0.720. The number of hydrogen-bond acceptors (Lipinski definition) is 3. The zero-order valence-corrected chi connectivity index (χ0v) is 11.9. The lowest BCUT2D eigenvalue weighted by molar-refractivity contribution is 0.200. The van der Waals surface area contributed by atoms with E-state index in [-0.39, 0.29) is 0 Å². The normalized spacial score (nSPS) is 12.4. The Labute approximate surface area is 110 Å². The van der Waals surface area contributed by atoms with Crippen LogP contribution in [0.5, 0.6) is 0 Å². The molecule has 18 heavy (non-hydrogen) atoms. The minimum atomic E-state index is 0.532. The summed E-state index contributed by atoms with van der Waals surface area (Å²) < 4.78 is 6.97. The number of aryl methyl sites for hydroxylation is 1. The van der Waals surface area contributed by atoms with Crippen molar-refractivity contribution in [3.63, 3.8) is 0 Å². The second-order valence-electron chi connectivity index (χ2n) is 4.67. The molecule has 1 aromatic rings. The molecule has 0 spiro atoms. The first-order valence-corrected chi connectivity index (χ1v) is 6.60. The lowest BCUT2D eigenvalue weighted by Gasteiger charge is -2.12. The van der Waals surface area contributed by atoms with Crippen LogP contribution in [0.4, 0.5) is 0 Å². The third kappa shape index (κ3) is 5.02. The molecule has 1 N–H and O–H groups in total. The number of hydrogen-bond donors (Lipinski definition) is 1. The van der Waals surface area contributed by atoms with Gasteiger partial charge in [-0.25, -0.2) is 0 Å². The molecule has 0 aromatic carbocycles. The summed E-state index contributed by atoms with van der Waals surface area (Å²) in [7, 11) is 1.72. The van der Waals surface area contributed by atoms with E-state index in [0.29, 0.717) is 5.92 Å². The predicted octanol–water partition coefficient (Wildman–Crippen LogP) is 2.18. The number of aromatic nitrogens is 2. The summed E-state index contributed by atoms with van der Waals surface area (Å²) in [5, 5.41) is 7.68. The highest BCUT2D eigenvalue weighted by Gasteiger charge is 2.04. The van der Waals surface area contributed by atoms with Crippen LogP contribution in [0.25, 0.3) is 6.08 Å². The Balaban J connectivity index is 2.59. The Bertz CT molecular complexity index is 369. The van der Waals surface area contributed by atoms with Gasteiger partial charge in [-0.15, -0.1) is 0 Å². The number of nitrogens with zero attached hydrogens (tertiary/aromatic N) is 2. The molecule has 0 atom stereocenters. The second-order valence-corrected chi connectivity index (χ2v) is 4.67. The molecule has 0 bridgehead atoms. The highest BCUT2D eigenvalue weighted by atomic mass is 16.5. The van der Waals surface area contributed by atoms with Gasteiger partial charge in [-0.3, -0.25) is 4.68 Å². The van der Waals surface area contributed by atoms with Gasteiger partial charge in [0.2, 0.25) is 0 Å². The van der Waals surface area contributed by atoms with Gasteiger partial charge in [0, 0.05) is 38.5 Å². The van der Waals surface area contributed by atoms with Crippen molar-refractivity contribution < 1.29 is 4.74 Å². The molecule has 1 aromatic heterocycles. The summed E-state index contributed by atoms with van der Waals surface area (Å²) in [6.45, 7) is 9.97. The van der Waals surface area contributed by atoms with E-state index in [1.54, 1.807) is 7.11 Å². The fourth-order valence-electron chi connectivity index (χ4n) is 1.67. The molecule has 0 amide bonds. The first kappa shape index (κ1) is 14.9. The third-order valence-electron chi connectivity index (χ3n) is 2.88. The van der Waals surface area contributed by atoms with Crippen molar-refractivity contribution in [2.75, 3.05) is 26.8 Å². The Morgan fingerprint density at radius 2 is 2.33 bits per heavy atom. The largest absolute Gasteiger partial charge is 0.383 e. The van der Waals surface area contributed by atoms with E-state index in [0.717, 1.165) is 26.2 Å². The maximum atomic E-state index is 5.02.